The summed E-state index contributed by atoms with van der Waals surface area (Å²) in [7, 11) is 0. The second kappa shape index (κ2) is 6.20. The molecule has 0 spiro atoms. The van der Waals surface area contributed by atoms with Crippen LogP contribution in [0.1, 0.15) is 23.2 Å². The highest BCUT2D eigenvalue weighted by Crippen LogP contribution is 2.19. The normalized spacial score (nSPS) is 15.8. The Morgan fingerprint density at radius 3 is 2.83 bits per heavy atom. The van der Waals surface area contributed by atoms with Gasteiger partial charge in [0, 0.05) is 23.2 Å². The number of carbonyl (C=O) groups excluding carboxylic acids is 1. The van der Waals surface area contributed by atoms with Gasteiger partial charge in [0.1, 0.15) is 0 Å². The van der Waals surface area contributed by atoms with Crippen LogP contribution >= 0.6 is 15.9 Å². The van der Waals surface area contributed by atoms with E-state index in [4.69, 9.17) is 5.73 Å². The Morgan fingerprint density at radius 1 is 1.39 bits per heavy atom. The van der Waals surface area contributed by atoms with E-state index < -0.39 is 0 Å². The number of hydrogen-bond acceptors (Lipinski definition) is 3. The zero-order valence-electron chi connectivity index (χ0n) is 10.3. The molecular formula is C13H18BrN3O. The van der Waals surface area contributed by atoms with Gasteiger partial charge < -0.3 is 16.0 Å². The zero-order valence-corrected chi connectivity index (χ0v) is 11.9. The third kappa shape index (κ3) is 3.46. The molecule has 0 bridgehead atoms. The molecule has 1 aliphatic heterocycles. The van der Waals surface area contributed by atoms with Gasteiger partial charge in [-0.1, -0.05) is 0 Å². The molecule has 0 radical (unpaired) electrons. The molecule has 2 rings (SSSR count). The van der Waals surface area contributed by atoms with Crippen LogP contribution in [0.3, 0.4) is 0 Å². The van der Waals surface area contributed by atoms with E-state index in [2.05, 4.69) is 26.1 Å². The number of carbonyl (C=O) groups is 1. The lowest BCUT2D eigenvalue weighted by Gasteiger charge is -2.15. The van der Waals surface area contributed by atoms with E-state index in [1.807, 2.05) is 0 Å². The topological polar surface area (TPSA) is 58.4 Å². The maximum Gasteiger partial charge on any atom is 0.252 e. The predicted octanol–water partition coefficient (Wildman–Crippen LogP) is 1.86. The van der Waals surface area contributed by atoms with Crippen molar-refractivity contribution in [2.24, 2.45) is 0 Å². The molecule has 1 fully saturated rings. The number of hydrogen-bond donors (Lipinski definition) is 2. The van der Waals surface area contributed by atoms with E-state index >= 15 is 0 Å². The molecule has 1 saturated heterocycles. The monoisotopic (exact) mass is 311 g/mol. The number of nitrogens with one attached hydrogen (secondary N) is 1. The summed E-state index contributed by atoms with van der Waals surface area (Å²) >= 11 is 3.36. The number of nitrogens with zero attached hydrogens (tertiary/aromatic N) is 1. The lowest BCUT2D eigenvalue weighted by atomic mass is 10.2. The number of rotatable bonds is 4. The minimum atomic E-state index is -0.0756. The number of nitrogens with two attached hydrogens (primary N) is 1. The highest BCUT2D eigenvalue weighted by Gasteiger charge is 2.13. The van der Waals surface area contributed by atoms with Gasteiger partial charge in [-0.05, 0) is 60.1 Å². The lowest BCUT2D eigenvalue weighted by molar-refractivity contribution is 0.0949. The fraction of sp³-hybridized carbons (Fsp3) is 0.462. The summed E-state index contributed by atoms with van der Waals surface area (Å²) < 4.78 is 0.773. The zero-order chi connectivity index (χ0) is 13.0. The highest BCUT2D eigenvalue weighted by atomic mass is 79.9. The average Bonchev–Trinajstić information content (AvgIpc) is 2.85. The van der Waals surface area contributed by atoms with Gasteiger partial charge >= 0.3 is 0 Å². The second-order valence-electron chi connectivity index (χ2n) is 4.54. The van der Waals surface area contributed by atoms with Gasteiger partial charge in [-0.2, -0.15) is 0 Å². The molecule has 3 N–H and O–H groups in total. The van der Waals surface area contributed by atoms with E-state index in [1.165, 1.54) is 12.8 Å². The minimum absolute atomic E-state index is 0.0756. The molecule has 0 aromatic heterocycles. The smallest absolute Gasteiger partial charge is 0.252 e. The molecule has 1 aliphatic rings. The molecule has 1 aromatic rings. The largest absolute Gasteiger partial charge is 0.399 e. The highest BCUT2D eigenvalue weighted by molar-refractivity contribution is 9.10. The first-order valence-electron chi connectivity index (χ1n) is 6.22. The van der Waals surface area contributed by atoms with Crippen molar-refractivity contribution in [2.45, 2.75) is 12.8 Å². The Bertz CT molecular complexity index is 430. The van der Waals surface area contributed by atoms with Gasteiger partial charge in [-0.15, -0.1) is 0 Å². The summed E-state index contributed by atoms with van der Waals surface area (Å²) in [6.07, 6.45) is 2.55. The molecule has 0 aliphatic carbocycles. The van der Waals surface area contributed by atoms with Gasteiger partial charge in [0.05, 0.1) is 5.56 Å². The summed E-state index contributed by atoms with van der Waals surface area (Å²) in [5.74, 6) is -0.0756. The van der Waals surface area contributed by atoms with E-state index in [-0.39, 0.29) is 5.91 Å². The molecule has 98 valence electrons. The number of likely N-dealkylation sites (tertiary alicyclic amines) is 1. The molecule has 0 unspecified atom stereocenters. The standard InChI is InChI=1S/C13H18BrN3O/c14-12-4-3-10(15)9-11(12)13(18)16-5-8-17-6-1-2-7-17/h3-4,9H,1-2,5-8,15H2,(H,16,18). The third-order valence-electron chi connectivity index (χ3n) is 3.15. The van der Waals surface area contributed by atoms with Crippen LogP contribution in [0.2, 0.25) is 0 Å². The van der Waals surface area contributed by atoms with Gasteiger partial charge in [0.2, 0.25) is 0 Å². The number of benzene rings is 1. The minimum Gasteiger partial charge on any atom is -0.399 e. The first kappa shape index (κ1) is 13.4. The number of halogens is 1. The SMILES string of the molecule is Nc1ccc(Br)c(C(=O)NCCN2CCCC2)c1. The van der Waals surface area contributed by atoms with Crippen LogP contribution in [-0.2, 0) is 0 Å². The molecule has 5 heteroatoms. The van der Waals surface area contributed by atoms with Crippen molar-refractivity contribution in [1.29, 1.82) is 0 Å². The van der Waals surface area contributed by atoms with E-state index in [9.17, 15) is 4.79 Å². The summed E-state index contributed by atoms with van der Waals surface area (Å²) in [6, 6.07) is 5.26. The Labute approximate surface area is 116 Å². The average molecular weight is 312 g/mol. The molecule has 1 aromatic carbocycles. The van der Waals surface area contributed by atoms with E-state index in [1.54, 1.807) is 18.2 Å². The first-order valence-corrected chi connectivity index (χ1v) is 7.02. The molecule has 1 heterocycles. The number of anilines is 1. The van der Waals surface area contributed by atoms with Gasteiger partial charge in [0.15, 0.2) is 0 Å². The van der Waals surface area contributed by atoms with Gasteiger partial charge in [0.25, 0.3) is 5.91 Å². The van der Waals surface area contributed by atoms with Crippen LogP contribution in [-0.4, -0.2) is 37.0 Å². The molecule has 1 amide bonds. The Morgan fingerprint density at radius 2 is 2.11 bits per heavy atom. The van der Waals surface area contributed by atoms with Crippen LogP contribution in [0.4, 0.5) is 5.69 Å². The van der Waals surface area contributed by atoms with Crippen molar-refractivity contribution in [3.05, 3.63) is 28.2 Å². The third-order valence-corrected chi connectivity index (χ3v) is 3.84. The molecule has 0 saturated carbocycles. The fourth-order valence-electron chi connectivity index (χ4n) is 2.15. The Hall–Kier alpha value is -1.07. The van der Waals surface area contributed by atoms with Crippen LogP contribution in [0, 0.1) is 0 Å². The van der Waals surface area contributed by atoms with Crippen molar-refractivity contribution in [2.75, 3.05) is 31.9 Å². The van der Waals surface area contributed by atoms with Crippen LogP contribution in [0.5, 0.6) is 0 Å². The molecule has 18 heavy (non-hydrogen) atoms. The molecular weight excluding hydrogens is 294 g/mol. The first-order chi connectivity index (χ1) is 8.66. The maximum absolute atomic E-state index is 12.0. The summed E-state index contributed by atoms with van der Waals surface area (Å²) in [4.78, 5) is 14.3. The van der Waals surface area contributed by atoms with E-state index in [0.717, 1.165) is 24.1 Å². The van der Waals surface area contributed by atoms with Gasteiger partial charge in [-0.3, -0.25) is 4.79 Å². The summed E-state index contributed by atoms with van der Waals surface area (Å²) in [5, 5.41) is 2.93. The molecule has 0 atom stereocenters. The van der Waals surface area contributed by atoms with Crippen molar-refractivity contribution in [1.82, 2.24) is 10.2 Å². The fourth-order valence-corrected chi connectivity index (χ4v) is 2.57. The van der Waals surface area contributed by atoms with Crippen molar-refractivity contribution >= 4 is 27.5 Å². The Kier molecular flexibility index (Phi) is 4.60. The predicted molar refractivity (Wildman–Crippen MR) is 76.6 cm³/mol. The quantitative estimate of drug-likeness (QED) is 0.834. The summed E-state index contributed by atoms with van der Waals surface area (Å²) in [6.45, 7) is 3.90. The Balaban J connectivity index is 1.85. The number of nitrogen functional groups attached to an aromatic ring is 1. The maximum atomic E-state index is 12.0. The van der Waals surface area contributed by atoms with Crippen molar-refractivity contribution in [3.8, 4) is 0 Å². The van der Waals surface area contributed by atoms with Crippen LogP contribution < -0.4 is 11.1 Å². The van der Waals surface area contributed by atoms with Crippen molar-refractivity contribution in [3.63, 3.8) is 0 Å². The summed E-state index contributed by atoms with van der Waals surface area (Å²) in [5.41, 5.74) is 6.88. The second-order valence-corrected chi connectivity index (χ2v) is 5.40. The lowest BCUT2D eigenvalue weighted by Crippen LogP contribution is -2.33. The number of amides is 1. The van der Waals surface area contributed by atoms with E-state index in [0.29, 0.717) is 17.8 Å². The molecule has 4 nitrogen and oxygen atoms in total. The van der Waals surface area contributed by atoms with Crippen LogP contribution in [0.15, 0.2) is 22.7 Å². The van der Waals surface area contributed by atoms with Gasteiger partial charge in [-0.25, -0.2) is 0 Å². The van der Waals surface area contributed by atoms with Crippen molar-refractivity contribution < 1.29 is 4.79 Å². The van der Waals surface area contributed by atoms with Crippen LogP contribution in [0.25, 0.3) is 0 Å².